The molecule has 0 radical (unpaired) electrons. The Morgan fingerprint density at radius 1 is 1.44 bits per heavy atom. The highest BCUT2D eigenvalue weighted by atomic mass is 79.9. The summed E-state index contributed by atoms with van der Waals surface area (Å²) in [5.41, 5.74) is 5.94. The lowest BCUT2D eigenvalue weighted by atomic mass is 10.1. The molecular weight excluding hydrogens is 300 g/mol. The summed E-state index contributed by atoms with van der Waals surface area (Å²) in [4.78, 5) is 21.9. The van der Waals surface area contributed by atoms with Crippen molar-refractivity contribution >= 4 is 27.7 Å². The lowest BCUT2D eigenvalue weighted by Gasteiger charge is -2.06. The first-order chi connectivity index (χ1) is 8.52. The zero-order valence-electron chi connectivity index (χ0n) is 10.0. The first-order valence-corrected chi connectivity index (χ1v) is 6.19. The highest BCUT2D eigenvalue weighted by Gasteiger charge is 2.05. The van der Waals surface area contributed by atoms with E-state index in [-0.39, 0.29) is 12.5 Å². The van der Waals surface area contributed by atoms with Crippen LogP contribution in [0.25, 0.3) is 0 Å². The van der Waals surface area contributed by atoms with Crippen molar-refractivity contribution in [2.24, 2.45) is 5.73 Å². The molecule has 0 atom stereocenters. The Hall–Kier alpha value is -1.56. The lowest BCUT2D eigenvalue weighted by Crippen LogP contribution is -2.33. The van der Waals surface area contributed by atoms with Crippen LogP contribution in [0.4, 0.5) is 0 Å². The van der Waals surface area contributed by atoms with Crippen LogP contribution in [-0.2, 0) is 16.0 Å². The van der Waals surface area contributed by atoms with E-state index in [9.17, 15) is 9.59 Å². The molecule has 6 heteroatoms. The number of ether oxygens (including phenoxy) is 1. The molecule has 0 spiro atoms. The molecule has 0 unspecified atom stereocenters. The van der Waals surface area contributed by atoms with Gasteiger partial charge in [-0.2, -0.15) is 0 Å². The maximum atomic E-state index is 11.4. The van der Waals surface area contributed by atoms with Gasteiger partial charge in [0.1, 0.15) is 5.75 Å². The molecule has 0 saturated carbocycles. The maximum Gasteiger partial charge on any atom is 0.236 e. The van der Waals surface area contributed by atoms with E-state index in [4.69, 9.17) is 10.5 Å². The topological polar surface area (TPSA) is 81.4 Å². The fraction of sp³-hybridized carbons (Fsp3) is 0.333. The van der Waals surface area contributed by atoms with Crippen LogP contribution in [-0.4, -0.2) is 25.5 Å². The number of nitrogens with two attached hydrogens (primary N) is 1. The van der Waals surface area contributed by atoms with Crippen LogP contribution in [0.5, 0.6) is 5.75 Å². The van der Waals surface area contributed by atoms with Crippen molar-refractivity contribution in [2.45, 2.75) is 12.8 Å². The number of nitrogens with one attached hydrogen (secondary N) is 1. The average Bonchev–Trinajstić information content (AvgIpc) is 2.34. The van der Waals surface area contributed by atoms with Crippen LogP contribution in [0.3, 0.4) is 0 Å². The minimum Gasteiger partial charge on any atom is -0.496 e. The monoisotopic (exact) mass is 314 g/mol. The quantitative estimate of drug-likeness (QED) is 0.821. The summed E-state index contributed by atoms with van der Waals surface area (Å²) >= 11 is 3.38. The van der Waals surface area contributed by atoms with E-state index in [1.165, 1.54) is 0 Å². The molecule has 0 aliphatic heterocycles. The van der Waals surface area contributed by atoms with Crippen molar-refractivity contribution in [3.05, 3.63) is 28.2 Å². The zero-order valence-corrected chi connectivity index (χ0v) is 11.6. The van der Waals surface area contributed by atoms with E-state index in [2.05, 4.69) is 21.2 Å². The molecule has 0 heterocycles. The molecule has 0 fully saturated rings. The number of carbonyl (C=O) groups excluding carboxylic acids is 2. The molecule has 1 aromatic carbocycles. The molecule has 2 amide bonds. The van der Waals surface area contributed by atoms with Crippen LogP contribution in [0.15, 0.2) is 22.7 Å². The van der Waals surface area contributed by atoms with E-state index < -0.39 is 5.91 Å². The number of carbonyl (C=O) groups is 2. The van der Waals surface area contributed by atoms with E-state index in [0.29, 0.717) is 12.8 Å². The van der Waals surface area contributed by atoms with Crippen LogP contribution in [0.2, 0.25) is 0 Å². The molecule has 5 nitrogen and oxygen atoms in total. The standard InChI is InChI=1S/C12H15BrN2O3/c1-18-10-4-2-8(6-9(10)13)3-5-12(17)15-7-11(14)16/h2,4,6H,3,5,7H2,1H3,(H2,14,16)(H,15,17). The predicted molar refractivity (Wildman–Crippen MR) is 71.2 cm³/mol. The second-order valence-corrected chi connectivity index (χ2v) is 4.57. The Bertz CT molecular complexity index is 449. The van der Waals surface area contributed by atoms with Crippen molar-refractivity contribution in [2.75, 3.05) is 13.7 Å². The first kappa shape index (κ1) is 14.5. The van der Waals surface area contributed by atoms with Gasteiger partial charge in [0.25, 0.3) is 0 Å². The SMILES string of the molecule is COc1ccc(CCC(=O)NCC(N)=O)cc1Br. The first-order valence-electron chi connectivity index (χ1n) is 5.40. The Morgan fingerprint density at radius 3 is 2.72 bits per heavy atom. The third kappa shape index (κ3) is 4.75. The second kappa shape index (κ2) is 7.00. The van der Waals surface area contributed by atoms with Gasteiger partial charge in [0, 0.05) is 6.42 Å². The van der Waals surface area contributed by atoms with Gasteiger partial charge in [-0.1, -0.05) is 6.07 Å². The third-order valence-electron chi connectivity index (χ3n) is 2.32. The Balaban J connectivity index is 2.46. The fourth-order valence-corrected chi connectivity index (χ4v) is 1.99. The highest BCUT2D eigenvalue weighted by Crippen LogP contribution is 2.25. The van der Waals surface area contributed by atoms with Gasteiger partial charge in [0.05, 0.1) is 18.1 Å². The Morgan fingerprint density at radius 2 is 2.17 bits per heavy atom. The Kier molecular flexibility index (Phi) is 5.64. The number of hydrogen-bond acceptors (Lipinski definition) is 3. The summed E-state index contributed by atoms with van der Waals surface area (Å²) in [6, 6.07) is 5.63. The molecule has 0 saturated heterocycles. The molecule has 0 aromatic heterocycles. The summed E-state index contributed by atoms with van der Waals surface area (Å²) < 4.78 is 5.96. The molecule has 1 aromatic rings. The van der Waals surface area contributed by atoms with Crippen molar-refractivity contribution in [1.29, 1.82) is 0 Å². The van der Waals surface area contributed by atoms with Crippen molar-refractivity contribution < 1.29 is 14.3 Å². The summed E-state index contributed by atoms with van der Waals surface area (Å²) in [6.07, 6.45) is 0.902. The molecule has 18 heavy (non-hydrogen) atoms. The van der Waals surface area contributed by atoms with E-state index >= 15 is 0 Å². The largest absolute Gasteiger partial charge is 0.496 e. The van der Waals surface area contributed by atoms with Crippen LogP contribution >= 0.6 is 15.9 Å². The lowest BCUT2D eigenvalue weighted by molar-refractivity contribution is -0.124. The van der Waals surface area contributed by atoms with Crippen LogP contribution < -0.4 is 15.8 Å². The third-order valence-corrected chi connectivity index (χ3v) is 2.94. The number of rotatable bonds is 6. The maximum absolute atomic E-state index is 11.4. The summed E-state index contributed by atoms with van der Waals surface area (Å²) in [5.74, 6) is 0.00760. The smallest absolute Gasteiger partial charge is 0.236 e. The summed E-state index contributed by atoms with van der Waals surface area (Å²) in [5, 5.41) is 2.44. The van der Waals surface area contributed by atoms with Gasteiger partial charge in [-0.3, -0.25) is 9.59 Å². The number of halogens is 1. The number of methoxy groups -OCH3 is 1. The van der Waals surface area contributed by atoms with E-state index in [1.807, 2.05) is 18.2 Å². The number of primary amides is 1. The molecule has 98 valence electrons. The van der Waals surface area contributed by atoms with Gasteiger partial charge in [-0.15, -0.1) is 0 Å². The van der Waals surface area contributed by atoms with Crippen molar-refractivity contribution in [1.82, 2.24) is 5.32 Å². The number of benzene rings is 1. The molecule has 3 N–H and O–H groups in total. The minimum atomic E-state index is -0.546. The van der Waals surface area contributed by atoms with Crippen LogP contribution in [0, 0.1) is 0 Å². The van der Waals surface area contributed by atoms with Gasteiger partial charge in [-0.25, -0.2) is 0 Å². The van der Waals surface area contributed by atoms with Crippen LogP contribution in [0.1, 0.15) is 12.0 Å². The fourth-order valence-electron chi connectivity index (χ4n) is 1.40. The van der Waals surface area contributed by atoms with E-state index in [0.717, 1.165) is 15.8 Å². The normalized spacial score (nSPS) is 9.89. The number of amides is 2. The molecule has 0 bridgehead atoms. The average molecular weight is 315 g/mol. The highest BCUT2D eigenvalue weighted by molar-refractivity contribution is 9.10. The minimum absolute atomic E-state index is 0.120. The molecule has 1 rings (SSSR count). The van der Waals surface area contributed by atoms with Gasteiger partial charge >= 0.3 is 0 Å². The Labute approximate surface area is 114 Å². The van der Waals surface area contributed by atoms with Gasteiger partial charge in [0.2, 0.25) is 11.8 Å². The van der Waals surface area contributed by atoms with Crippen molar-refractivity contribution in [3.8, 4) is 5.75 Å². The van der Waals surface area contributed by atoms with E-state index in [1.54, 1.807) is 7.11 Å². The number of aryl methyl sites for hydroxylation is 1. The summed E-state index contributed by atoms with van der Waals surface area (Å²) in [7, 11) is 1.59. The van der Waals surface area contributed by atoms with Gasteiger partial charge < -0.3 is 15.8 Å². The van der Waals surface area contributed by atoms with Gasteiger partial charge in [-0.05, 0) is 40.0 Å². The number of hydrogen-bond donors (Lipinski definition) is 2. The predicted octanol–water partition coefficient (Wildman–Crippen LogP) is 0.992. The molecular formula is C12H15BrN2O3. The zero-order chi connectivity index (χ0) is 13.5. The molecule has 0 aliphatic carbocycles. The second-order valence-electron chi connectivity index (χ2n) is 3.71. The summed E-state index contributed by atoms with van der Waals surface area (Å²) in [6.45, 7) is -0.120. The van der Waals surface area contributed by atoms with Crippen molar-refractivity contribution in [3.63, 3.8) is 0 Å². The van der Waals surface area contributed by atoms with Gasteiger partial charge in [0.15, 0.2) is 0 Å². The molecule has 0 aliphatic rings.